The number of likely N-dealkylation sites (tertiary alicyclic amines) is 1. The van der Waals surface area contributed by atoms with Crippen LogP contribution in [0.3, 0.4) is 0 Å². The van der Waals surface area contributed by atoms with Gasteiger partial charge in [-0.05, 0) is 37.1 Å². The molecule has 0 aliphatic carbocycles. The van der Waals surface area contributed by atoms with Crippen LogP contribution in [0.1, 0.15) is 36.8 Å². The predicted molar refractivity (Wildman–Crippen MR) is 71.5 cm³/mol. The van der Waals surface area contributed by atoms with E-state index in [-0.39, 0.29) is 12.5 Å². The van der Waals surface area contributed by atoms with Gasteiger partial charge < -0.3 is 5.11 Å². The van der Waals surface area contributed by atoms with Gasteiger partial charge in [0.05, 0.1) is 18.1 Å². The highest BCUT2D eigenvalue weighted by Crippen LogP contribution is 2.22. The molecule has 1 atom stereocenters. The highest BCUT2D eigenvalue weighted by Gasteiger charge is 2.24. The van der Waals surface area contributed by atoms with Gasteiger partial charge in [0.25, 0.3) is 0 Å². The molecule has 1 heterocycles. The van der Waals surface area contributed by atoms with Crippen LogP contribution in [0.15, 0.2) is 24.3 Å². The minimum atomic E-state index is -0.734. The summed E-state index contributed by atoms with van der Waals surface area (Å²) >= 11 is 0. The van der Waals surface area contributed by atoms with E-state index >= 15 is 0 Å². The van der Waals surface area contributed by atoms with Crippen LogP contribution in [-0.4, -0.2) is 28.6 Å². The summed E-state index contributed by atoms with van der Waals surface area (Å²) in [5.74, 6) is -0.734. The first kappa shape index (κ1) is 13.6. The lowest BCUT2D eigenvalue weighted by atomic mass is 9.98. The third-order valence-electron chi connectivity index (χ3n) is 3.60. The van der Waals surface area contributed by atoms with Gasteiger partial charge in [-0.3, -0.25) is 9.69 Å². The molecular formula is C15H18N2O2. The largest absolute Gasteiger partial charge is 0.481 e. The van der Waals surface area contributed by atoms with Crippen LogP contribution in [0.5, 0.6) is 0 Å². The van der Waals surface area contributed by atoms with Crippen LogP contribution >= 0.6 is 0 Å². The first-order valence-electron chi connectivity index (χ1n) is 6.64. The molecule has 1 aliphatic heterocycles. The second kappa shape index (κ2) is 6.35. The van der Waals surface area contributed by atoms with E-state index in [0.717, 1.165) is 37.9 Å². The molecule has 19 heavy (non-hydrogen) atoms. The Balaban J connectivity index is 2.06. The van der Waals surface area contributed by atoms with E-state index in [9.17, 15) is 4.79 Å². The first-order chi connectivity index (χ1) is 9.19. The molecule has 0 bridgehead atoms. The maximum atomic E-state index is 10.9. The van der Waals surface area contributed by atoms with E-state index in [1.165, 1.54) is 0 Å². The monoisotopic (exact) mass is 258 g/mol. The third kappa shape index (κ3) is 3.80. The number of hydrogen-bond donors (Lipinski definition) is 1. The summed E-state index contributed by atoms with van der Waals surface area (Å²) in [6.45, 7) is 1.67. The van der Waals surface area contributed by atoms with E-state index in [1.54, 1.807) is 6.07 Å². The van der Waals surface area contributed by atoms with E-state index < -0.39 is 5.97 Å². The van der Waals surface area contributed by atoms with Crippen molar-refractivity contribution in [3.8, 4) is 6.07 Å². The van der Waals surface area contributed by atoms with Gasteiger partial charge >= 0.3 is 5.97 Å². The smallest absolute Gasteiger partial charge is 0.304 e. The fourth-order valence-corrected chi connectivity index (χ4v) is 2.67. The Bertz CT molecular complexity index is 493. The number of rotatable bonds is 4. The zero-order valence-electron chi connectivity index (χ0n) is 10.9. The number of carbonyl (C=O) groups is 1. The fraction of sp³-hybridized carbons (Fsp3) is 0.467. The van der Waals surface area contributed by atoms with E-state index in [4.69, 9.17) is 10.4 Å². The molecule has 4 nitrogen and oxygen atoms in total. The molecule has 0 amide bonds. The molecular weight excluding hydrogens is 240 g/mol. The molecule has 0 spiro atoms. The zero-order valence-corrected chi connectivity index (χ0v) is 10.9. The van der Waals surface area contributed by atoms with Crippen molar-refractivity contribution in [2.45, 2.75) is 38.3 Å². The summed E-state index contributed by atoms with van der Waals surface area (Å²) in [6, 6.07) is 9.80. The number of carboxylic acid groups (broad SMARTS) is 1. The van der Waals surface area contributed by atoms with Crippen LogP contribution in [0, 0.1) is 11.3 Å². The van der Waals surface area contributed by atoms with Gasteiger partial charge in [0.2, 0.25) is 0 Å². The number of hydrogen-bond acceptors (Lipinski definition) is 3. The summed E-state index contributed by atoms with van der Waals surface area (Å²) in [4.78, 5) is 13.1. The highest BCUT2D eigenvalue weighted by molar-refractivity contribution is 5.67. The Labute approximate surface area is 113 Å². The molecule has 1 unspecified atom stereocenters. The van der Waals surface area contributed by atoms with Crippen molar-refractivity contribution < 1.29 is 9.90 Å². The van der Waals surface area contributed by atoms with Crippen molar-refractivity contribution >= 4 is 5.97 Å². The van der Waals surface area contributed by atoms with Crippen LogP contribution in [0.4, 0.5) is 0 Å². The molecule has 0 radical (unpaired) electrons. The molecule has 1 saturated heterocycles. The van der Waals surface area contributed by atoms with Gasteiger partial charge in [0.15, 0.2) is 0 Å². The lowest BCUT2D eigenvalue weighted by molar-refractivity contribution is -0.138. The van der Waals surface area contributed by atoms with Crippen molar-refractivity contribution in [1.82, 2.24) is 4.90 Å². The van der Waals surface area contributed by atoms with Crippen LogP contribution in [0.2, 0.25) is 0 Å². The first-order valence-corrected chi connectivity index (χ1v) is 6.64. The molecule has 1 N–H and O–H groups in total. The van der Waals surface area contributed by atoms with Gasteiger partial charge in [-0.1, -0.05) is 18.6 Å². The van der Waals surface area contributed by atoms with Gasteiger partial charge in [0, 0.05) is 12.6 Å². The van der Waals surface area contributed by atoms with Crippen LogP contribution in [0.25, 0.3) is 0 Å². The molecule has 2 rings (SSSR count). The van der Waals surface area contributed by atoms with Crippen molar-refractivity contribution in [1.29, 1.82) is 5.26 Å². The zero-order chi connectivity index (χ0) is 13.7. The number of aliphatic carboxylic acids is 1. The minimum Gasteiger partial charge on any atom is -0.481 e. The molecule has 0 aromatic heterocycles. The van der Waals surface area contributed by atoms with Crippen LogP contribution < -0.4 is 0 Å². The lowest BCUT2D eigenvalue weighted by Gasteiger charge is -2.35. The molecule has 1 fully saturated rings. The number of piperidine rings is 1. The molecule has 4 heteroatoms. The standard InChI is InChI=1S/C15H18N2O2/c16-10-12-4-3-5-13(8-12)11-17-7-2-1-6-14(17)9-15(18)19/h3-5,8,14H,1-2,6-7,9,11H2,(H,18,19). The SMILES string of the molecule is N#Cc1cccc(CN2CCCCC2CC(=O)O)c1. The number of carboxylic acids is 1. The summed E-state index contributed by atoms with van der Waals surface area (Å²) in [5.41, 5.74) is 1.74. The number of nitrogens with zero attached hydrogens (tertiary/aromatic N) is 2. The molecule has 1 aromatic carbocycles. The second-order valence-electron chi connectivity index (χ2n) is 5.03. The maximum absolute atomic E-state index is 10.9. The molecule has 1 aromatic rings. The van der Waals surface area contributed by atoms with Crippen molar-refractivity contribution in [3.05, 3.63) is 35.4 Å². The summed E-state index contributed by atoms with van der Waals surface area (Å²) in [5, 5.41) is 17.9. The van der Waals surface area contributed by atoms with Gasteiger partial charge in [-0.15, -0.1) is 0 Å². The average molecular weight is 258 g/mol. The molecule has 1 aliphatic rings. The summed E-state index contributed by atoms with van der Waals surface area (Å²) < 4.78 is 0. The van der Waals surface area contributed by atoms with Gasteiger partial charge in [-0.25, -0.2) is 0 Å². The minimum absolute atomic E-state index is 0.122. The van der Waals surface area contributed by atoms with Crippen LogP contribution in [-0.2, 0) is 11.3 Å². The highest BCUT2D eigenvalue weighted by atomic mass is 16.4. The molecule has 100 valence electrons. The fourth-order valence-electron chi connectivity index (χ4n) is 2.67. The summed E-state index contributed by atoms with van der Waals surface area (Å²) in [6.07, 6.45) is 3.38. The van der Waals surface area contributed by atoms with Crippen molar-refractivity contribution in [3.63, 3.8) is 0 Å². The van der Waals surface area contributed by atoms with E-state index in [2.05, 4.69) is 11.0 Å². The van der Waals surface area contributed by atoms with Gasteiger partial charge in [-0.2, -0.15) is 5.26 Å². The second-order valence-corrected chi connectivity index (χ2v) is 5.03. The molecule has 0 saturated carbocycles. The Morgan fingerprint density at radius 3 is 3.05 bits per heavy atom. The predicted octanol–water partition coefficient (Wildman–Crippen LogP) is 2.39. The number of benzene rings is 1. The van der Waals surface area contributed by atoms with E-state index in [1.807, 2.05) is 18.2 Å². The van der Waals surface area contributed by atoms with Gasteiger partial charge in [0.1, 0.15) is 0 Å². The quantitative estimate of drug-likeness (QED) is 0.900. The Kier molecular flexibility index (Phi) is 4.53. The Morgan fingerprint density at radius 2 is 2.32 bits per heavy atom. The third-order valence-corrected chi connectivity index (χ3v) is 3.60. The Morgan fingerprint density at radius 1 is 1.47 bits per heavy atom. The Hall–Kier alpha value is -1.86. The lowest BCUT2D eigenvalue weighted by Crippen LogP contribution is -2.40. The maximum Gasteiger partial charge on any atom is 0.304 e. The average Bonchev–Trinajstić information content (AvgIpc) is 2.41. The van der Waals surface area contributed by atoms with E-state index in [0.29, 0.717) is 5.56 Å². The van der Waals surface area contributed by atoms with Crippen molar-refractivity contribution in [2.24, 2.45) is 0 Å². The number of nitriles is 1. The topological polar surface area (TPSA) is 64.3 Å². The van der Waals surface area contributed by atoms with Crippen molar-refractivity contribution in [2.75, 3.05) is 6.54 Å². The normalized spacial score (nSPS) is 19.8. The summed E-state index contributed by atoms with van der Waals surface area (Å²) in [7, 11) is 0.